The molecule has 3 rings (SSSR count). The van der Waals surface area contributed by atoms with E-state index in [1.807, 2.05) is 12.1 Å². The van der Waals surface area contributed by atoms with Gasteiger partial charge >= 0.3 is 0 Å². The average molecular weight is 352 g/mol. The van der Waals surface area contributed by atoms with Crippen molar-refractivity contribution in [2.24, 2.45) is 0 Å². The number of carbonyl (C=O) groups is 3. The minimum Gasteiger partial charge on any atom is -0.354 e. The van der Waals surface area contributed by atoms with E-state index in [9.17, 15) is 14.4 Å². The van der Waals surface area contributed by atoms with Crippen molar-refractivity contribution in [2.75, 3.05) is 31.5 Å². The molecule has 0 spiro atoms. The summed E-state index contributed by atoms with van der Waals surface area (Å²) in [5.41, 5.74) is 2.62. The van der Waals surface area contributed by atoms with Crippen molar-refractivity contribution >= 4 is 29.5 Å². The van der Waals surface area contributed by atoms with Crippen LogP contribution in [0.3, 0.4) is 0 Å². The number of nitrogens with zero attached hydrogens (tertiary/aromatic N) is 3. The summed E-state index contributed by atoms with van der Waals surface area (Å²) in [6.07, 6.45) is 2.41. The summed E-state index contributed by atoms with van der Waals surface area (Å²) in [6, 6.07) is 10.6. The number of hydrogen-bond donors (Lipinski definition) is 1. The third-order valence-corrected chi connectivity index (χ3v) is 4.31. The first-order valence-electron chi connectivity index (χ1n) is 8.39. The zero-order chi connectivity index (χ0) is 18.5. The maximum atomic E-state index is 12.5. The molecule has 2 aromatic rings. The lowest BCUT2D eigenvalue weighted by atomic mass is 10.1. The predicted molar refractivity (Wildman–Crippen MR) is 97.5 cm³/mol. The van der Waals surface area contributed by atoms with E-state index < -0.39 is 0 Å². The predicted octanol–water partition coefficient (Wildman–Crippen LogP) is 1.94. The van der Waals surface area contributed by atoms with Crippen LogP contribution in [-0.4, -0.2) is 59.1 Å². The summed E-state index contributed by atoms with van der Waals surface area (Å²) >= 11 is 0. The van der Waals surface area contributed by atoms with Gasteiger partial charge in [0.1, 0.15) is 5.69 Å². The summed E-state index contributed by atoms with van der Waals surface area (Å²) in [5, 5.41) is 3.18. The summed E-state index contributed by atoms with van der Waals surface area (Å²) in [5.74, 6) is -0.108. The number of benzene rings is 1. The van der Waals surface area contributed by atoms with Gasteiger partial charge in [-0.3, -0.25) is 14.4 Å². The third kappa shape index (κ3) is 4.05. The fourth-order valence-electron chi connectivity index (χ4n) is 2.74. The maximum absolute atomic E-state index is 12.5. The quantitative estimate of drug-likeness (QED) is 0.657. The number of hydrogen-bond acceptors (Lipinski definition) is 5. The molecule has 26 heavy (non-hydrogen) atoms. The Kier molecular flexibility index (Phi) is 5.26. The van der Waals surface area contributed by atoms with Crippen LogP contribution in [0.25, 0.3) is 0 Å². The van der Waals surface area contributed by atoms with Gasteiger partial charge in [0.05, 0.1) is 11.9 Å². The lowest BCUT2D eigenvalue weighted by Crippen LogP contribution is -2.48. The minimum atomic E-state index is -0.132. The molecule has 0 unspecified atom stereocenters. The molecule has 1 N–H and O–H groups in total. The first-order valence-corrected chi connectivity index (χ1v) is 8.39. The Balaban J connectivity index is 1.62. The van der Waals surface area contributed by atoms with E-state index in [0.717, 1.165) is 17.8 Å². The molecule has 1 fully saturated rings. The number of Topliss-reactive ketones (excluding diaryl/α,β-unsaturated/α-hetero) is 1. The van der Waals surface area contributed by atoms with Crippen molar-refractivity contribution in [3.63, 3.8) is 0 Å². The molecule has 1 aromatic carbocycles. The second-order valence-corrected chi connectivity index (χ2v) is 6.12. The van der Waals surface area contributed by atoms with Gasteiger partial charge in [-0.25, -0.2) is 4.98 Å². The topological polar surface area (TPSA) is 82.6 Å². The van der Waals surface area contributed by atoms with Gasteiger partial charge in [-0.2, -0.15) is 0 Å². The normalized spacial score (nSPS) is 14.0. The minimum absolute atomic E-state index is 0.0232. The second kappa shape index (κ2) is 7.77. The number of carbonyl (C=O) groups excluding carboxylic acids is 3. The molecule has 0 saturated carbocycles. The lowest BCUT2D eigenvalue weighted by molar-refractivity contribution is -0.119. The van der Waals surface area contributed by atoms with Crippen LogP contribution < -0.4 is 5.32 Å². The highest BCUT2D eigenvalue weighted by molar-refractivity contribution is 5.94. The number of nitrogens with one attached hydrogen (secondary N) is 1. The van der Waals surface area contributed by atoms with Gasteiger partial charge in [0.2, 0.25) is 6.41 Å². The monoisotopic (exact) mass is 352 g/mol. The summed E-state index contributed by atoms with van der Waals surface area (Å²) in [7, 11) is 0. The molecule has 0 aliphatic carbocycles. The number of piperazine rings is 1. The van der Waals surface area contributed by atoms with Gasteiger partial charge in [0.15, 0.2) is 5.78 Å². The molecule has 2 amide bonds. The van der Waals surface area contributed by atoms with Crippen molar-refractivity contribution in [3.8, 4) is 0 Å². The van der Waals surface area contributed by atoms with Crippen LogP contribution in [0.15, 0.2) is 42.6 Å². The highest BCUT2D eigenvalue weighted by Crippen LogP contribution is 2.17. The van der Waals surface area contributed by atoms with Crippen LogP contribution in [-0.2, 0) is 4.79 Å². The molecule has 134 valence electrons. The average Bonchev–Trinajstić information content (AvgIpc) is 2.68. The summed E-state index contributed by atoms with van der Waals surface area (Å²) in [4.78, 5) is 42.1. The Morgan fingerprint density at radius 1 is 1.00 bits per heavy atom. The summed E-state index contributed by atoms with van der Waals surface area (Å²) < 4.78 is 0. The Labute approximate surface area is 151 Å². The largest absolute Gasteiger partial charge is 0.354 e. The molecule has 0 atom stereocenters. The Bertz CT molecular complexity index is 795. The first-order chi connectivity index (χ1) is 12.6. The van der Waals surface area contributed by atoms with Crippen LogP contribution in [0.4, 0.5) is 11.4 Å². The molecule has 0 radical (unpaired) electrons. The first kappa shape index (κ1) is 17.6. The number of pyridine rings is 1. The van der Waals surface area contributed by atoms with Crippen molar-refractivity contribution in [1.29, 1.82) is 0 Å². The fraction of sp³-hybridized carbons (Fsp3) is 0.263. The van der Waals surface area contributed by atoms with Gasteiger partial charge in [-0.1, -0.05) is 0 Å². The van der Waals surface area contributed by atoms with Crippen LogP contribution >= 0.6 is 0 Å². The highest BCUT2D eigenvalue weighted by Gasteiger charge is 2.22. The number of rotatable bonds is 5. The molecule has 1 aliphatic heterocycles. The molecule has 0 bridgehead atoms. The summed E-state index contributed by atoms with van der Waals surface area (Å²) in [6.45, 7) is 3.65. The highest BCUT2D eigenvalue weighted by atomic mass is 16.2. The zero-order valence-corrected chi connectivity index (χ0v) is 14.5. The number of anilines is 2. The molecular formula is C19H20N4O3. The van der Waals surface area contributed by atoms with Crippen LogP contribution in [0.1, 0.15) is 27.8 Å². The molecule has 7 nitrogen and oxygen atoms in total. The van der Waals surface area contributed by atoms with E-state index in [0.29, 0.717) is 37.4 Å². The SMILES string of the molecule is CC(=O)c1ccc(Nc2ccc(C(=O)N3CCN(C=O)CC3)nc2)cc1. The second-order valence-electron chi connectivity index (χ2n) is 6.12. The Hall–Kier alpha value is -3.22. The fourth-order valence-corrected chi connectivity index (χ4v) is 2.74. The molecule has 1 saturated heterocycles. The Morgan fingerprint density at radius 2 is 1.65 bits per heavy atom. The lowest BCUT2D eigenvalue weighted by Gasteiger charge is -2.32. The molecular weight excluding hydrogens is 332 g/mol. The zero-order valence-electron chi connectivity index (χ0n) is 14.5. The number of ketones is 1. The van der Waals surface area contributed by atoms with Crippen LogP contribution in [0.5, 0.6) is 0 Å². The maximum Gasteiger partial charge on any atom is 0.272 e. The van der Waals surface area contributed by atoms with E-state index in [-0.39, 0.29) is 11.7 Å². The van der Waals surface area contributed by atoms with Crippen molar-refractivity contribution < 1.29 is 14.4 Å². The smallest absolute Gasteiger partial charge is 0.272 e. The van der Waals surface area contributed by atoms with Crippen molar-refractivity contribution in [3.05, 3.63) is 53.9 Å². The van der Waals surface area contributed by atoms with Crippen molar-refractivity contribution in [2.45, 2.75) is 6.92 Å². The molecule has 7 heteroatoms. The van der Waals surface area contributed by atoms with Gasteiger partial charge in [0, 0.05) is 37.4 Å². The van der Waals surface area contributed by atoms with Gasteiger partial charge < -0.3 is 15.1 Å². The molecule has 1 aromatic heterocycles. The van der Waals surface area contributed by atoms with Gasteiger partial charge in [0.25, 0.3) is 5.91 Å². The number of aromatic nitrogens is 1. The third-order valence-electron chi connectivity index (χ3n) is 4.31. The van der Waals surface area contributed by atoms with E-state index in [4.69, 9.17) is 0 Å². The molecule has 2 heterocycles. The van der Waals surface area contributed by atoms with Crippen LogP contribution in [0.2, 0.25) is 0 Å². The van der Waals surface area contributed by atoms with Crippen LogP contribution in [0, 0.1) is 0 Å². The molecule has 1 aliphatic rings. The number of amides is 2. The van der Waals surface area contributed by atoms with Gasteiger partial charge in [-0.05, 0) is 43.3 Å². The standard InChI is InChI=1S/C19H20N4O3/c1-14(25)15-2-4-16(5-3-15)21-17-6-7-18(20-12-17)19(26)23-10-8-22(13-24)9-11-23/h2-7,12-13,21H,8-11H2,1H3. The van der Waals surface area contributed by atoms with Crippen molar-refractivity contribution in [1.82, 2.24) is 14.8 Å². The Morgan fingerprint density at radius 3 is 2.19 bits per heavy atom. The van der Waals surface area contributed by atoms with E-state index in [1.165, 1.54) is 6.92 Å². The van der Waals surface area contributed by atoms with Gasteiger partial charge in [-0.15, -0.1) is 0 Å². The van der Waals surface area contributed by atoms with E-state index in [2.05, 4.69) is 10.3 Å². The van der Waals surface area contributed by atoms with E-state index in [1.54, 1.807) is 40.3 Å². The van der Waals surface area contributed by atoms with E-state index >= 15 is 0 Å².